The molecule has 1 aromatic heterocycles. The Hall–Kier alpha value is -2.29. The highest BCUT2D eigenvalue weighted by atomic mass is 15.1. The number of nitrogens with two attached hydrogens (primary N) is 1. The summed E-state index contributed by atoms with van der Waals surface area (Å²) in [6, 6.07) is 16.7. The molecular weight excluding hydrogens is 234 g/mol. The number of imidazole rings is 1. The molecule has 3 rings (SSSR count). The van der Waals surface area contributed by atoms with Crippen LogP contribution >= 0.6 is 0 Å². The first-order chi connectivity index (χ1) is 9.24. The summed E-state index contributed by atoms with van der Waals surface area (Å²) in [5, 5.41) is 0. The second kappa shape index (κ2) is 4.76. The van der Waals surface area contributed by atoms with Crippen molar-refractivity contribution in [3.63, 3.8) is 0 Å². The van der Waals surface area contributed by atoms with Crippen molar-refractivity contribution in [1.29, 1.82) is 0 Å². The Morgan fingerprint density at radius 2 is 1.95 bits per heavy atom. The summed E-state index contributed by atoms with van der Waals surface area (Å²) >= 11 is 0. The maximum Gasteiger partial charge on any atom is 0.201 e. The van der Waals surface area contributed by atoms with Crippen LogP contribution in [0, 0.1) is 6.92 Å². The maximum absolute atomic E-state index is 6.00. The van der Waals surface area contributed by atoms with E-state index in [9.17, 15) is 0 Å². The predicted octanol–water partition coefficient (Wildman–Crippen LogP) is 3.17. The summed E-state index contributed by atoms with van der Waals surface area (Å²) in [5.41, 5.74) is 10.7. The molecule has 0 fully saturated rings. The van der Waals surface area contributed by atoms with E-state index in [0.717, 1.165) is 24.0 Å². The highest BCUT2D eigenvalue weighted by Gasteiger charge is 2.07. The molecule has 1 heterocycles. The Morgan fingerprint density at radius 3 is 2.79 bits per heavy atom. The third-order valence-electron chi connectivity index (χ3n) is 3.39. The number of aryl methyl sites for hydroxylation is 3. The zero-order chi connectivity index (χ0) is 13.2. The Kier molecular flexibility index (Phi) is 2.95. The number of hydrogen-bond acceptors (Lipinski definition) is 2. The van der Waals surface area contributed by atoms with Gasteiger partial charge in [0.1, 0.15) is 0 Å². The lowest BCUT2D eigenvalue weighted by Gasteiger charge is -2.07. The predicted molar refractivity (Wildman–Crippen MR) is 79.0 cm³/mol. The summed E-state index contributed by atoms with van der Waals surface area (Å²) in [6.07, 6.45) is 0.965. The summed E-state index contributed by atoms with van der Waals surface area (Å²) in [7, 11) is 0. The van der Waals surface area contributed by atoms with Gasteiger partial charge in [0.25, 0.3) is 0 Å². The van der Waals surface area contributed by atoms with Gasteiger partial charge in [0, 0.05) is 6.54 Å². The number of rotatable bonds is 3. The molecule has 3 heteroatoms. The molecule has 0 aliphatic rings. The van der Waals surface area contributed by atoms with Crippen LogP contribution in [0.5, 0.6) is 0 Å². The summed E-state index contributed by atoms with van der Waals surface area (Å²) in [4.78, 5) is 4.38. The van der Waals surface area contributed by atoms with Gasteiger partial charge in [0.2, 0.25) is 5.95 Å². The molecule has 0 spiro atoms. The van der Waals surface area contributed by atoms with Gasteiger partial charge in [-0.3, -0.25) is 0 Å². The molecule has 0 unspecified atom stereocenters. The molecule has 0 atom stereocenters. The Morgan fingerprint density at radius 1 is 1.11 bits per heavy atom. The molecule has 0 saturated carbocycles. The van der Waals surface area contributed by atoms with Gasteiger partial charge in [-0.25, -0.2) is 4.98 Å². The minimum absolute atomic E-state index is 0.592. The van der Waals surface area contributed by atoms with Gasteiger partial charge in [-0.05, 0) is 31.0 Å². The molecule has 0 saturated heterocycles. The van der Waals surface area contributed by atoms with E-state index in [0.29, 0.717) is 5.95 Å². The van der Waals surface area contributed by atoms with Crippen molar-refractivity contribution in [3.8, 4) is 0 Å². The van der Waals surface area contributed by atoms with Crippen molar-refractivity contribution in [3.05, 3.63) is 59.7 Å². The number of benzene rings is 2. The topological polar surface area (TPSA) is 43.8 Å². The van der Waals surface area contributed by atoms with Crippen LogP contribution in [0.4, 0.5) is 5.95 Å². The Labute approximate surface area is 112 Å². The van der Waals surface area contributed by atoms with Crippen molar-refractivity contribution >= 4 is 17.0 Å². The standard InChI is InChI=1S/C16H17N3/c1-12-5-4-6-13(11-12)9-10-19-15-8-3-2-7-14(15)18-16(19)17/h2-8,11H,9-10H2,1H3,(H2,17,18). The second-order valence-electron chi connectivity index (χ2n) is 4.85. The third-order valence-corrected chi connectivity index (χ3v) is 3.39. The van der Waals surface area contributed by atoms with Crippen LogP contribution in [-0.2, 0) is 13.0 Å². The number of hydrogen-bond donors (Lipinski definition) is 1. The molecule has 2 N–H and O–H groups in total. The molecule has 0 amide bonds. The SMILES string of the molecule is Cc1cccc(CCn2c(N)nc3ccccc32)c1. The van der Waals surface area contributed by atoms with Crippen molar-refractivity contribution < 1.29 is 0 Å². The van der Waals surface area contributed by atoms with Gasteiger partial charge in [0.15, 0.2) is 0 Å². The average molecular weight is 251 g/mol. The first-order valence-electron chi connectivity index (χ1n) is 6.50. The quantitative estimate of drug-likeness (QED) is 0.777. The highest BCUT2D eigenvalue weighted by molar-refractivity contribution is 5.78. The van der Waals surface area contributed by atoms with Gasteiger partial charge in [-0.1, -0.05) is 42.0 Å². The van der Waals surface area contributed by atoms with Crippen LogP contribution in [0.1, 0.15) is 11.1 Å². The van der Waals surface area contributed by atoms with Gasteiger partial charge in [0.05, 0.1) is 11.0 Å². The van der Waals surface area contributed by atoms with Crippen LogP contribution in [0.25, 0.3) is 11.0 Å². The Balaban J connectivity index is 1.87. The number of nitrogens with zero attached hydrogens (tertiary/aromatic N) is 2. The fourth-order valence-corrected chi connectivity index (χ4v) is 2.44. The van der Waals surface area contributed by atoms with Crippen LogP contribution in [0.2, 0.25) is 0 Å². The summed E-state index contributed by atoms with van der Waals surface area (Å²) in [5.74, 6) is 0.592. The Bertz CT molecular complexity index is 713. The molecule has 3 aromatic rings. The lowest BCUT2D eigenvalue weighted by molar-refractivity contribution is 0.725. The fraction of sp³-hybridized carbons (Fsp3) is 0.188. The molecule has 0 bridgehead atoms. The molecule has 2 aromatic carbocycles. The smallest absolute Gasteiger partial charge is 0.201 e. The van der Waals surface area contributed by atoms with Gasteiger partial charge in [-0.15, -0.1) is 0 Å². The van der Waals surface area contributed by atoms with Crippen molar-refractivity contribution in [2.75, 3.05) is 5.73 Å². The van der Waals surface area contributed by atoms with E-state index < -0.39 is 0 Å². The molecular formula is C16H17N3. The third kappa shape index (κ3) is 2.32. The summed E-state index contributed by atoms with van der Waals surface area (Å²) in [6.45, 7) is 2.97. The number of para-hydroxylation sites is 2. The lowest BCUT2D eigenvalue weighted by Crippen LogP contribution is -2.05. The van der Waals surface area contributed by atoms with Crippen LogP contribution in [0.3, 0.4) is 0 Å². The molecule has 3 nitrogen and oxygen atoms in total. The monoisotopic (exact) mass is 251 g/mol. The number of aromatic nitrogens is 2. The fourth-order valence-electron chi connectivity index (χ4n) is 2.44. The van der Waals surface area contributed by atoms with Crippen LogP contribution in [0.15, 0.2) is 48.5 Å². The van der Waals surface area contributed by atoms with E-state index >= 15 is 0 Å². The normalized spacial score (nSPS) is 11.0. The number of nitrogen functional groups attached to an aromatic ring is 1. The van der Waals surface area contributed by atoms with E-state index in [-0.39, 0.29) is 0 Å². The van der Waals surface area contributed by atoms with E-state index in [4.69, 9.17) is 5.73 Å². The van der Waals surface area contributed by atoms with Crippen LogP contribution < -0.4 is 5.73 Å². The molecule has 19 heavy (non-hydrogen) atoms. The zero-order valence-corrected chi connectivity index (χ0v) is 11.0. The molecule has 0 aliphatic heterocycles. The van der Waals surface area contributed by atoms with E-state index in [2.05, 4.69) is 46.8 Å². The molecule has 96 valence electrons. The minimum atomic E-state index is 0.592. The highest BCUT2D eigenvalue weighted by Crippen LogP contribution is 2.18. The number of fused-ring (bicyclic) bond motifs is 1. The number of anilines is 1. The van der Waals surface area contributed by atoms with Crippen LogP contribution in [-0.4, -0.2) is 9.55 Å². The van der Waals surface area contributed by atoms with Crippen molar-refractivity contribution in [2.24, 2.45) is 0 Å². The van der Waals surface area contributed by atoms with Gasteiger partial charge < -0.3 is 10.3 Å². The minimum Gasteiger partial charge on any atom is -0.369 e. The van der Waals surface area contributed by atoms with Gasteiger partial charge >= 0.3 is 0 Å². The average Bonchev–Trinajstić information content (AvgIpc) is 2.72. The van der Waals surface area contributed by atoms with E-state index in [1.54, 1.807) is 0 Å². The second-order valence-corrected chi connectivity index (χ2v) is 4.85. The van der Waals surface area contributed by atoms with Crippen molar-refractivity contribution in [2.45, 2.75) is 19.9 Å². The molecule has 0 aliphatic carbocycles. The zero-order valence-electron chi connectivity index (χ0n) is 11.0. The van der Waals surface area contributed by atoms with Gasteiger partial charge in [-0.2, -0.15) is 0 Å². The van der Waals surface area contributed by atoms with Crippen molar-refractivity contribution in [1.82, 2.24) is 9.55 Å². The van der Waals surface area contributed by atoms with E-state index in [1.165, 1.54) is 11.1 Å². The largest absolute Gasteiger partial charge is 0.369 e. The maximum atomic E-state index is 6.00. The first-order valence-corrected chi connectivity index (χ1v) is 6.50. The summed E-state index contributed by atoms with van der Waals surface area (Å²) < 4.78 is 2.08. The lowest BCUT2D eigenvalue weighted by atomic mass is 10.1. The molecule has 0 radical (unpaired) electrons. The van der Waals surface area contributed by atoms with E-state index in [1.807, 2.05) is 18.2 Å². The first kappa shape index (κ1) is 11.8.